The lowest BCUT2D eigenvalue weighted by atomic mass is 10.0. The number of methoxy groups -OCH3 is 3. The highest BCUT2D eigenvalue weighted by molar-refractivity contribution is 7.79. The highest BCUT2D eigenvalue weighted by Crippen LogP contribution is 2.38. The Labute approximate surface area is 163 Å². The first-order valence-electron chi connectivity index (χ1n) is 8.34. The number of hydrogen-bond donors (Lipinski definition) is 2. The third-order valence-corrected chi connectivity index (χ3v) is 4.66. The van der Waals surface area contributed by atoms with Gasteiger partial charge in [0.25, 0.3) is 0 Å². The number of ketones is 1. The molecular weight excluding hydrogens is 362 g/mol. The molecule has 0 aliphatic rings. The van der Waals surface area contributed by atoms with E-state index in [1.807, 2.05) is 30.5 Å². The van der Waals surface area contributed by atoms with Crippen molar-refractivity contribution in [2.24, 2.45) is 0 Å². The average molecular weight is 383 g/mol. The number of aromatic nitrogens is 1. The molecule has 0 aliphatic heterocycles. The van der Waals surface area contributed by atoms with Crippen molar-refractivity contribution in [1.82, 2.24) is 4.98 Å². The van der Waals surface area contributed by atoms with E-state index in [2.05, 4.69) is 23.7 Å². The maximum absolute atomic E-state index is 13.0. The number of benzene rings is 2. The topological polar surface area (TPSA) is 60.6 Å². The average Bonchev–Trinajstić information content (AvgIpc) is 3.22. The minimum absolute atomic E-state index is 0.161. The molecule has 0 amide bonds. The molecule has 1 aromatic heterocycles. The van der Waals surface area contributed by atoms with Gasteiger partial charge in [0, 0.05) is 17.5 Å². The molecule has 0 atom stereocenters. The van der Waals surface area contributed by atoms with Gasteiger partial charge in [-0.25, -0.2) is 0 Å². The molecule has 0 saturated carbocycles. The van der Waals surface area contributed by atoms with Gasteiger partial charge >= 0.3 is 0 Å². The second kappa shape index (κ2) is 8.22. The number of carbonyl (C=O) groups excluding carboxylic acids is 1. The summed E-state index contributed by atoms with van der Waals surface area (Å²) in [6.07, 6.45) is 1.82. The van der Waals surface area contributed by atoms with Crippen LogP contribution in [-0.4, -0.2) is 32.1 Å². The van der Waals surface area contributed by atoms with Gasteiger partial charge in [0.05, 0.1) is 27.0 Å². The van der Waals surface area contributed by atoms with Crippen molar-refractivity contribution >= 4 is 18.4 Å². The van der Waals surface area contributed by atoms with Gasteiger partial charge < -0.3 is 19.2 Å². The quantitative estimate of drug-likeness (QED) is 0.470. The highest BCUT2D eigenvalue weighted by atomic mass is 32.1. The molecule has 0 unspecified atom stereocenters. The van der Waals surface area contributed by atoms with Crippen LogP contribution in [0, 0.1) is 0 Å². The van der Waals surface area contributed by atoms with Crippen LogP contribution in [0.1, 0.15) is 21.6 Å². The molecule has 3 rings (SSSR count). The van der Waals surface area contributed by atoms with E-state index < -0.39 is 0 Å². The Balaban J connectivity index is 1.96. The number of hydrogen-bond acceptors (Lipinski definition) is 5. The fourth-order valence-electron chi connectivity index (χ4n) is 2.91. The fourth-order valence-corrected chi connectivity index (χ4v) is 3.11. The lowest BCUT2D eigenvalue weighted by Gasteiger charge is -2.13. The fraction of sp³-hybridized carbons (Fsp3) is 0.190. The summed E-state index contributed by atoms with van der Waals surface area (Å²) in [7, 11) is 4.57. The summed E-state index contributed by atoms with van der Waals surface area (Å²) in [5, 5.41) is 0. The molecule has 2 aromatic carbocycles. The van der Waals surface area contributed by atoms with Crippen molar-refractivity contribution < 1.29 is 19.0 Å². The summed E-state index contributed by atoms with van der Waals surface area (Å²) in [5.41, 5.74) is 4.02. The van der Waals surface area contributed by atoms with E-state index in [1.54, 1.807) is 12.1 Å². The van der Waals surface area contributed by atoms with Gasteiger partial charge in [-0.05, 0) is 34.9 Å². The lowest BCUT2D eigenvalue weighted by Crippen LogP contribution is -2.04. The number of ether oxygens (including phenoxy) is 3. The summed E-state index contributed by atoms with van der Waals surface area (Å²) < 4.78 is 16.0. The number of nitrogens with one attached hydrogen (secondary N) is 1. The predicted molar refractivity (Wildman–Crippen MR) is 108 cm³/mol. The minimum atomic E-state index is -0.161. The summed E-state index contributed by atoms with van der Waals surface area (Å²) in [6.45, 7) is 0. The van der Waals surface area contributed by atoms with Gasteiger partial charge in [-0.2, -0.15) is 12.6 Å². The molecule has 0 aliphatic carbocycles. The number of H-pyrrole nitrogens is 1. The van der Waals surface area contributed by atoms with Gasteiger partial charge in [-0.1, -0.05) is 24.3 Å². The molecule has 0 saturated heterocycles. The van der Waals surface area contributed by atoms with E-state index in [0.29, 0.717) is 34.3 Å². The van der Waals surface area contributed by atoms with Crippen molar-refractivity contribution in [3.63, 3.8) is 0 Å². The van der Waals surface area contributed by atoms with Crippen LogP contribution < -0.4 is 14.2 Å². The van der Waals surface area contributed by atoms with Crippen LogP contribution in [-0.2, 0) is 5.75 Å². The second-order valence-electron chi connectivity index (χ2n) is 5.90. The predicted octanol–water partition coefficient (Wildman–Crippen LogP) is 4.37. The number of rotatable bonds is 7. The standard InChI is InChI=1S/C21H21NO4S/c1-24-18-9-15(10-19(25-2)21(18)26-3)20(23)17-8-16(11-22-17)14-6-4-5-13(7-14)12-27/h4-11,22,27H,12H2,1-3H3. The van der Waals surface area contributed by atoms with Crippen molar-refractivity contribution in [3.8, 4) is 28.4 Å². The van der Waals surface area contributed by atoms with Crippen molar-refractivity contribution in [3.05, 3.63) is 65.5 Å². The van der Waals surface area contributed by atoms with Crippen molar-refractivity contribution in [2.45, 2.75) is 5.75 Å². The normalized spacial score (nSPS) is 10.5. The third-order valence-electron chi connectivity index (χ3n) is 4.30. The van der Waals surface area contributed by atoms with Crippen LogP contribution in [0.15, 0.2) is 48.7 Å². The molecule has 5 nitrogen and oxygen atoms in total. The van der Waals surface area contributed by atoms with E-state index >= 15 is 0 Å². The monoisotopic (exact) mass is 383 g/mol. The first kappa shape index (κ1) is 18.9. The Morgan fingerprint density at radius 2 is 1.67 bits per heavy atom. The maximum atomic E-state index is 13.0. The molecule has 1 N–H and O–H groups in total. The third kappa shape index (κ3) is 3.80. The summed E-state index contributed by atoms with van der Waals surface area (Å²) in [4.78, 5) is 16.0. The molecule has 0 bridgehead atoms. The van der Waals surface area contributed by atoms with Crippen molar-refractivity contribution in [2.75, 3.05) is 21.3 Å². The number of thiol groups is 1. The van der Waals surface area contributed by atoms with E-state index in [-0.39, 0.29) is 5.78 Å². The van der Waals surface area contributed by atoms with Gasteiger partial charge in [0.1, 0.15) is 0 Å². The smallest absolute Gasteiger partial charge is 0.209 e. The summed E-state index contributed by atoms with van der Waals surface area (Å²) in [6, 6.07) is 13.2. The maximum Gasteiger partial charge on any atom is 0.209 e. The molecule has 1 heterocycles. The molecule has 0 fully saturated rings. The molecule has 6 heteroatoms. The number of aromatic amines is 1. The van der Waals surface area contributed by atoms with Crippen LogP contribution in [0.2, 0.25) is 0 Å². The zero-order valence-electron chi connectivity index (χ0n) is 15.4. The van der Waals surface area contributed by atoms with Crippen LogP contribution in [0.5, 0.6) is 17.2 Å². The Morgan fingerprint density at radius 1 is 0.963 bits per heavy atom. The molecule has 3 aromatic rings. The zero-order chi connectivity index (χ0) is 19.4. The van der Waals surface area contributed by atoms with E-state index in [0.717, 1.165) is 16.7 Å². The molecule has 0 spiro atoms. The van der Waals surface area contributed by atoms with Crippen LogP contribution in [0.3, 0.4) is 0 Å². The molecule has 27 heavy (non-hydrogen) atoms. The molecule has 140 valence electrons. The van der Waals surface area contributed by atoms with Crippen molar-refractivity contribution in [1.29, 1.82) is 0 Å². The SMILES string of the molecule is COc1cc(C(=O)c2cc(-c3cccc(CS)c3)c[nH]2)cc(OC)c1OC. The van der Waals surface area contributed by atoms with Crippen LogP contribution in [0.25, 0.3) is 11.1 Å². The van der Waals surface area contributed by atoms with E-state index in [4.69, 9.17) is 14.2 Å². The van der Waals surface area contributed by atoms with Gasteiger partial charge in [-0.15, -0.1) is 0 Å². The Bertz CT molecular complexity index is 939. The van der Waals surface area contributed by atoms with Gasteiger partial charge in [-0.3, -0.25) is 4.79 Å². The Morgan fingerprint density at radius 3 is 2.26 bits per heavy atom. The molecular formula is C21H21NO4S. The van der Waals surface area contributed by atoms with E-state index in [1.165, 1.54) is 21.3 Å². The summed E-state index contributed by atoms with van der Waals surface area (Å²) in [5.74, 6) is 1.83. The second-order valence-corrected chi connectivity index (χ2v) is 6.22. The van der Waals surface area contributed by atoms with E-state index in [9.17, 15) is 4.79 Å². The highest BCUT2D eigenvalue weighted by Gasteiger charge is 2.19. The van der Waals surface area contributed by atoms with Crippen LogP contribution in [0.4, 0.5) is 0 Å². The first-order valence-corrected chi connectivity index (χ1v) is 8.97. The lowest BCUT2D eigenvalue weighted by molar-refractivity contribution is 0.103. The largest absolute Gasteiger partial charge is 0.493 e. The minimum Gasteiger partial charge on any atom is -0.493 e. The van der Waals surface area contributed by atoms with Gasteiger partial charge in [0.15, 0.2) is 11.5 Å². The van der Waals surface area contributed by atoms with Crippen LogP contribution >= 0.6 is 12.6 Å². The molecule has 0 radical (unpaired) electrons. The summed E-state index contributed by atoms with van der Waals surface area (Å²) >= 11 is 4.31. The Hall–Kier alpha value is -2.86. The van der Waals surface area contributed by atoms with Gasteiger partial charge in [0.2, 0.25) is 11.5 Å². The first-order chi connectivity index (χ1) is 13.1. The Kier molecular flexibility index (Phi) is 5.76. The number of carbonyl (C=O) groups is 1. The zero-order valence-corrected chi connectivity index (χ0v) is 16.3.